The number of ether oxygens (including phenoxy) is 2. The Labute approximate surface area is 200 Å². The van der Waals surface area contributed by atoms with Crippen LogP contribution >= 0.6 is 0 Å². The van der Waals surface area contributed by atoms with Crippen LogP contribution in [0.25, 0.3) is 0 Å². The maximum absolute atomic E-state index is 13.8. The summed E-state index contributed by atoms with van der Waals surface area (Å²) >= 11 is 0. The average Bonchev–Trinajstić information content (AvgIpc) is 2.89. The summed E-state index contributed by atoms with van der Waals surface area (Å²) in [6.07, 6.45) is 0. The van der Waals surface area contributed by atoms with E-state index in [0.29, 0.717) is 17.0 Å². The number of anilines is 2. The van der Waals surface area contributed by atoms with Gasteiger partial charge in [0.05, 0.1) is 20.3 Å². The van der Waals surface area contributed by atoms with Gasteiger partial charge in [-0.1, -0.05) is 30.3 Å². The van der Waals surface area contributed by atoms with Gasteiger partial charge in [0.2, 0.25) is 0 Å². The Hall–Kier alpha value is -4.04. The molecule has 4 aromatic rings. The van der Waals surface area contributed by atoms with Gasteiger partial charge in [-0.2, -0.15) is 0 Å². The number of benzene rings is 3. The Bertz CT molecular complexity index is 1390. The number of rotatable bonds is 9. The standard InChI is InChI=1S/C27H24F2N2O4/c1-15(18-8-13-21(28)22(29)14-18)30-23(17-6-11-20(34-2)12-7-17)16-4-9-19(10-5-16)31-24-25(32)26(33)27(24)35-3/h4-15,23,30-31H,1-3H3. The SMILES string of the molecule is COc1ccc(C(NC(C)c2ccc(F)c(F)c2)c2ccc(Nc3c(OC)c(=O)c3=O)cc2)cc1. The van der Waals surface area contributed by atoms with E-state index in [-0.39, 0.29) is 23.5 Å². The summed E-state index contributed by atoms with van der Waals surface area (Å²) in [6, 6.07) is 18.1. The molecule has 0 spiro atoms. The van der Waals surface area contributed by atoms with Crippen molar-refractivity contribution in [3.8, 4) is 11.5 Å². The van der Waals surface area contributed by atoms with Gasteiger partial charge in [-0.05, 0) is 60.0 Å². The van der Waals surface area contributed by atoms with Gasteiger partial charge in [-0.25, -0.2) is 8.78 Å². The molecule has 0 saturated heterocycles. The first kappa shape index (κ1) is 24.1. The highest BCUT2D eigenvalue weighted by Crippen LogP contribution is 2.30. The van der Waals surface area contributed by atoms with Crippen LogP contribution in [0.4, 0.5) is 20.2 Å². The lowest BCUT2D eigenvalue weighted by Gasteiger charge is -2.25. The predicted molar refractivity (Wildman–Crippen MR) is 130 cm³/mol. The highest BCUT2D eigenvalue weighted by atomic mass is 19.2. The van der Waals surface area contributed by atoms with Crippen molar-refractivity contribution in [2.45, 2.75) is 19.0 Å². The fourth-order valence-corrected chi connectivity index (χ4v) is 3.89. The number of nitrogens with one attached hydrogen (secondary N) is 2. The molecule has 8 heteroatoms. The maximum Gasteiger partial charge on any atom is 0.272 e. The van der Waals surface area contributed by atoms with E-state index in [1.807, 2.05) is 43.3 Å². The second kappa shape index (κ2) is 10.1. The summed E-state index contributed by atoms with van der Waals surface area (Å²) < 4.78 is 37.5. The van der Waals surface area contributed by atoms with Gasteiger partial charge in [0.15, 0.2) is 17.4 Å². The van der Waals surface area contributed by atoms with E-state index in [4.69, 9.17) is 9.47 Å². The first-order valence-electron chi connectivity index (χ1n) is 10.9. The summed E-state index contributed by atoms with van der Waals surface area (Å²) in [4.78, 5) is 23.4. The molecule has 2 N–H and O–H groups in total. The van der Waals surface area contributed by atoms with Gasteiger partial charge >= 0.3 is 0 Å². The van der Waals surface area contributed by atoms with Crippen molar-refractivity contribution < 1.29 is 18.3 Å². The molecule has 0 fully saturated rings. The minimum atomic E-state index is -0.902. The summed E-state index contributed by atoms with van der Waals surface area (Å²) in [5.74, 6) is -1.07. The van der Waals surface area contributed by atoms with Crippen molar-refractivity contribution in [2.75, 3.05) is 19.5 Å². The number of hydrogen-bond donors (Lipinski definition) is 2. The molecule has 35 heavy (non-hydrogen) atoms. The fraction of sp³-hybridized carbons (Fsp3) is 0.185. The molecule has 0 heterocycles. The fourth-order valence-electron chi connectivity index (χ4n) is 3.89. The number of halogens is 2. The Kier molecular flexibility index (Phi) is 6.93. The molecular formula is C27H24F2N2O4. The van der Waals surface area contributed by atoms with Gasteiger partial charge in [0, 0.05) is 11.7 Å². The van der Waals surface area contributed by atoms with Crippen LogP contribution < -0.4 is 31.0 Å². The van der Waals surface area contributed by atoms with Gasteiger partial charge in [-0.3, -0.25) is 14.9 Å². The molecule has 0 amide bonds. The van der Waals surface area contributed by atoms with Crippen molar-refractivity contribution >= 4 is 11.4 Å². The smallest absolute Gasteiger partial charge is 0.272 e. The highest BCUT2D eigenvalue weighted by molar-refractivity contribution is 5.70. The zero-order chi connectivity index (χ0) is 25.1. The van der Waals surface area contributed by atoms with E-state index in [1.165, 1.54) is 13.2 Å². The van der Waals surface area contributed by atoms with Crippen LogP contribution in [-0.4, -0.2) is 14.2 Å². The molecule has 0 saturated carbocycles. The van der Waals surface area contributed by atoms with Crippen molar-refractivity contribution in [1.29, 1.82) is 0 Å². The van der Waals surface area contributed by atoms with Gasteiger partial charge in [-0.15, -0.1) is 0 Å². The van der Waals surface area contributed by atoms with E-state index < -0.39 is 22.5 Å². The maximum atomic E-state index is 13.8. The Morgan fingerprint density at radius 2 is 1.34 bits per heavy atom. The quantitative estimate of drug-likeness (QED) is 0.338. The second-order valence-electron chi connectivity index (χ2n) is 8.08. The molecule has 0 radical (unpaired) electrons. The monoisotopic (exact) mass is 478 g/mol. The highest BCUT2D eigenvalue weighted by Gasteiger charge is 2.22. The average molecular weight is 478 g/mol. The summed E-state index contributed by atoms with van der Waals surface area (Å²) in [5.41, 5.74) is 1.90. The second-order valence-corrected chi connectivity index (χ2v) is 8.08. The van der Waals surface area contributed by atoms with E-state index >= 15 is 0 Å². The molecule has 180 valence electrons. The Morgan fingerprint density at radius 3 is 1.91 bits per heavy atom. The third-order valence-electron chi connectivity index (χ3n) is 5.89. The first-order chi connectivity index (χ1) is 16.8. The molecule has 0 aliphatic carbocycles. The van der Waals surface area contributed by atoms with Crippen LogP contribution in [0.1, 0.15) is 35.7 Å². The summed E-state index contributed by atoms with van der Waals surface area (Å²) in [6.45, 7) is 1.87. The van der Waals surface area contributed by atoms with Crippen molar-refractivity contribution in [2.24, 2.45) is 0 Å². The lowest BCUT2D eigenvalue weighted by atomic mass is 9.96. The van der Waals surface area contributed by atoms with Crippen molar-refractivity contribution in [3.05, 3.63) is 116 Å². The van der Waals surface area contributed by atoms with Crippen LogP contribution in [0.5, 0.6) is 11.5 Å². The molecule has 0 aliphatic heterocycles. The molecule has 4 aromatic carbocycles. The third kappa shape index (κ3) is 4.93. The Morgan fingerprint density at radius 1 is 0.743 bits per heavy atom. The topological polar surface area (TPSA) is 76.7 Å². The molecule has 2 atom stereocenters. The molecule has 0 bridgehead atoms. The van der Waals surface area contributed by atoms with Crippen LogP contribution in [0, 0.1) is 11.6 Å². The van der Waals surface area contributed by atoms with Gasteiger partial charge in [0.25, 0.3) is 10.9 Å². The van der Waals surface area contributed by atoms with E-state index in [2.05, 4.69) is 10.6 Å². The zero-order valence-corrected chi connectivity index (χ0v) is 19.4. The minimum absolute atomic E-state index is 0.0113. The van der Waals surface area contributed by atoms with Crippen LogP contribution in [0.2, 0.25) is 0 Å². The van der Waals surface area contributed by atoms with Crippen LogP contribution in [0.15, 0.2) is 76.3 Å². The van der Waals surface area contributed by atoms with Crippen LogP contribution in [-0.2, 0) is 0 Å². The molecule has 0 aromatic heterocycles. The normalized spacial score (nSPS) is 12.8. The molecule has 4 rings (SSSR count). The van der Waals surface area contributed by atoms with Crippen molar-refractivity contribution in [1.82, 2.24) is 5.32 Å². The van der Waals surface area contributed by atoms with Gasteiger partial charge in [0.1, 0.15) is 11.4 Å². The number of hydrogen-bond acceptors (Lipinski definition) is 6. The summed E-state index contributed by atoms with van der Waals surface area (Å²) in [5, 5.41) is 6.41. The zero-order valence-electron chi connectivity index (χ0n) is 19.4. The molecular weight excluding hydrogens is 454 g/mol. The molecule has 6 nitrogen and oxygen atoms in total. The Balaban J connectivity index is 1.62. The van der Waals surface area contributed by atoms with Crippen LogP contribution in [0.3, 0.4) is 0 Å². The lowest BCUT2D eigenvalue weighted by molar-refractivity contribution is 0.408. The van der Waals surface area contributed by atoms with E-state index in [0.717, 1.165) is 17.2 Å². The lowest BCUT2D eigenvalue weighted by Crippen LogP contribution is -2.34. The first-order valence-corrected chi connectivity index (χ1v) is 10.9. The van der Waals surface area contributed by atoms with Crippen molar-refractivity contribution in [3.63, 3.8) is 0 Å². The number of methoxy groups -OCH3 is 2. The largest absolute Gasteiger partial charge is 0.497 e. The molecule has 0 aliphatic rings. The van der Waals surface area contributed by atoms with E-state index in [1.54, 1.807) is 25.3 Å². The molecule has 2 unspecified atom stereocenters. The predicted octanol–water partition coefficient (Wildman–Crippen LogP) is 4.76. The summed E-state index contributed by atoms with van der Waals surface area (Å²) in [7, 11) is 2.93. The minimum Gasteiger partial charge on any atom is -0.497 e. The van der Waals surface area contributed by atoms with Gasteiger partial charge < -0.3 is 14.8 Å². The van der Waals surface area contributed by atoms with E-state index in [9.17, 15) is 18.4 Å². The third-order valence-corrected chi connectivity index (χ3v) is 5.89.